The van der Waals surface area contributed by atoms with E-state index in [2.05, 4.69) is 30.0 Å². The van der Waals surface area contributed by atoms with Crippen LogP contribution < -0.4 is 15.8 Å². The highest BCUT2D eigenvalue weighted by Crippen LogP contribution is 2.16. The lowest BCUT2D eigenvalue weighted by Gasteiger charge is -2.07. The first-order chi connectivity index (χ1) is 8.96. The summed E-state index contributed by atoms with van der Waals surface area (Å²) in [6.07, 6.45) is 3.25. The molecule has 2 heterocycles. The van der Waals surface area contributed by atoms with Gasteiger partial charge in [0.1, 0.15) is 5.52 Å². The van der Waals surface area contributed by atoms with Gasteiger partial charge in [-0.25, -0.2) is 18.1 Å². The number of hydrogen-bond acceptors (Lipinski definition) is 7. The molecule has 0 fully saturated rings. The second-order valence-electron chi connectivity index (χ2n) is 3.98. The van der Waals surface area contributed by atoms with E-state index in [-0.39, 0.29) is 5.95 Å². The Morgan fingerprint density at radius 1 is 1.37 bits per heavy atom. The third-order valence-corrected chi connectivity index (χ3v) is 3.04. The van der Waals surface area contributed by atoms with Crippen molar-refractivity contribution in [2.75, 3.05) is 30.4 Å². The number of nitrogen functional groups attached to an aromatic ring is 1. The normalized spacial score (nSPS) is 11.8. The Morgan fingerprint density at radius 3 is 2.89 bits per heavy atom. The minimum atomic E-state index is -3.14. The van der Waals surface area contributed by atoms with Gasteiger partial charge < -0.3 is 16.0 Å². The monoisotopic (exact) mass is 285 g/mol. The van der Waals surface area contributed by atoms with Crippen molar-refractivity contribution < 1.29 is 8.42 Å². The van der Waals surface area contributed by atoms with Crippen LogP contribution in [-0.4, -0.2) is 47.7 Å². The molecule has 19 heavy (non-hydrogen) atoms. The zero-order chi connectivity index (χ0) is 13.9. The smallest absolute Gasteiger partial charge is 0.224 e. The van der Waals surface area contributed by atoms with Crippen LogP contribution in [0.4, 0.5) is 11.8 Å². The van der Waals surface area contributed by atoms with Gasteiger partial charge in [-0.05, 0) is 6.42 Å². The van der Waals surface area contributed by atoms with Gasteiger partial charge >= 0.3 is 0 Å². The van der Waals surface area contributed by atoms with E-state index in [1.54, 1.807) is 0 Å². The summed E-state index contributed by atoms with van der Waals surface area (Å²) in [6, 6.07) is 0. The minimum absolute atomic E-state index is 0.136. The van der Waals surface area contributed by atoms with E-state index in [1.807, 2.05) is 0 Å². The number of fused-ring (bicyclic) bond motifs is 1. The molecule has 2 aromatic heterocycles. The zero-order valence-corrected chi connectivity index (χ0v) is 11.2. The second kappa shape index (κ2) is 5.36. The van der Waals surface area contributed by atoms with Crippen LogP contribution in [0.1, 0.15) is 6.42 Å². The third-order valence-electron chi connectivity index (χ3n) is 2.31. The van der Waals surface area contributed by atoms with Crippen molar-refractivity contribution in [3.8, 4) is 0 Å². The Hall–Kier alpha value is -1.94. The average molecular weight is 285 g/mol. The summed E-state index contributed by atoms with van der Waals surface area (Å²) in [5, 5.41) is 3.06. The van der Waals surface area contributed by atoms with E-state index < -0.39 is 10.0 Å². The van der Waals surface area contributed by atoms with Crippen LogP contribution in [0.5, 0.6) is 0 Å². The van der Waals surface area contributed by atoms with Gasteiger partial charge in [0.25, 0.3) is 0 Å². The lowest BCUT2D eigenvalue weighted by molar-refractivity contribution is 0.586. The molecule has 0 aliphatic rings. The number of imidazole rings is 1. The van der Waals surface area contributed by atoms with Crippen molar-refractivity contribution in [2.45, 2.75) is 6.42 Å². The van der Waals surface area contributed by atoms with Gasteiger partial charge in [0.15, 0.2) is 11.5 Å². The largest absolute Gasteiger partial charge is 0.368 e. The number of aromatic nitrogens is 4. The molecule has 5 N–H and O–H groups in total. The number of hydrogen-bond donors (Lipinski definition) is 4. The Bertz CT molecular complexity index is 666. The average Bonchev–Trinajstić information content (AvgIpc) is 2.74. The number of nitrogens with one attached hydrogen (secondary N) is 3. The summed E-state index contributed by atoms with van der Waals surface area (Å²) in [5.74, 6) is 0.690. The summed E-state index contributed by atoms with van der Waals surface area (Å²) < 4.78 is 24.1. The van der Waals surface area contributed by atoms with E-state index in [0.29, 0.717) is 36.5 Å². The van der Waals surface area contributed by atoms with Crippen LogP contribution in [0.2, 0.25) is 0 Å². The number of rotatable bonds is 6. The van der Waals surface area contributed by atoms with Gasteiger partial charge in [-0.2, -0.15) is 9.97 Å². The lowest BCUT2D eigenvalue weighted by Crippen LogP contribution is -2.24. The number of nitrogens with two attached hydrogens (primary N) is 1. The molecular formula is C9H15N7O2S. The molecule has 2 rings (SSSR count). The van der Waals surface area contributed by atoms with E-state index in [0.717, 1.165) is 6.26 Å². The molecule has 10 heteroatoms. The first-order valence-electron chi connectivity index (χ1n) is 5.61. The molecule has 0 bridgehead atoms. The highest BCUT2D eigenvalue weighted by atomic mass is 32.2. The summed E-state index contributed by atoms with van der Waals surface area (Å²) in [6.45, 7) is 0.908. The molecule has 2 aromatic rings. The molecular weight excluding hydrogens is 270 g/mol. The maximum absolute atomic E-state index is 10.9. The van der Waals surface area contributed by atoms with Crippen molar-refractivity contribution in [1.82, 2.24) is 24.7 Å². The van der Waals surface area contributed by atoms with Crippen LogP contribution in [0.15, 0.2) is 6.33 Å². The van der Waals surface area contributed by atoms with Crippen LogP contribution in [-0.2, 0) is 10.0 Å². The number of aromatic amines is 1. The number of H-pyrrole nitrogens is 1. The molecule has 0 aliphatic carbocycles. The Labute approximate surface area is 110 Å². The first-order valence-corrected chi connectivity index (χ1v) is 7.50. The highest BCUT2D eigenvalue weighted by Gasteiger charge is 2.07. The molecule has 104 valence electrons. The molecule has 0 unspecified atom stereocenters. The predicted octanol–water partition coefficient (Wildman–Crippen LogP) is -0.714. The minimum Gasteiger partial charge on any atom is -0.368 e. The van der Waals surface area contributed by atoms with Gasteiger partial charge in [-0.1, -0.05) is 0 Å². The number of sulfonamides is 1. The Balaban J connectivity index is 1.93. The van der Waals surface area contributed by atoms with E-state index in [9.17, 15) is 8.42 Å². The van der Waals surface area contributed by atoms with Gasteiger partial charge in [0, 0.05) is 13.1 Å². The van der Waals surface area contributed by atoms with Crippen molar-refractivity contribution in [3.63, 3.8) is 0 Å². The molecule has 9 nitrogen and oxygen atoms in total. The van der Waals surface area contributed by atoms with Crippen molar-refractivity contribution in [2.24, 2.45) is 0 Å². The standard InChI is InChI=1S/C9H15N7O2S/c1-19(17,18)14-4-2-3-11-7-6-8(13-5-12-6)16-9(10)15-7/h5,14H,2-4H2,1H3,(H4,10,11,12,13,15,16). The fourth-order valence-electron chi connectivity index (χ4n) is 1.53. The van der Waals surface area contributed by atoms with Gasteiger partial charge in [-0.15, -0.1) is 0 Å². The number of nitrogens with zero attached hydrogens (tertiary/aromatic N) is 3. The van der Waals surface area contributed by atoms with Gasteiger partial charge in [0.2, 0.25) is 16.0 Å². The maximum atomic E-state index is 10.9. The van der Waals surface area contributed by atoms with Crippen molar-refractivity contribution in [3.05, 3.63) is 6.33 Å². The Morgan fingerprint density at radius 2 is 2.16 bits per heavy atom. The summed E-state index contributed by atoms with van der Waals surface area (Å²) in [5.41, 5.74) is 6.73. The fourth-order valence-corrected chi connectivity index (χ4v) is 2.05. The second-order valence-corrected chi connectivity index (χ2v) is 5.81. The SMILES string of the molecule is CS(=O)(=O)NCCCNc1nc(N)nc2nc[nH]c12. The molecule has 0 spiro atoms. The van der Waals surface area contributed by atoms with Crippen molar-refractivity contribution >= 4 is 33.0 Å². The molecule has 0 aromatic carbocycles. The quantitative estimate of drug-likeness (QED) is 0.514. The summed E-state index contributed by atoms with van der Waals surface area (Å²) in [7, 11) is -3.14. The summed E-state index contributed by atoms with van der Waals surface area (Å²) >= 11 is 0. The predicted molar refractivity (Wildman–Crippen MR) is 72.0 cm³/mol. The van der Waals surface area contributed by atoms with Crippen molar-refractivity contribution in [1.29, 1.82) is 0 Å². The molecule has 0 aliphatic heterocycles. The van der Waals surface area contributed by atoms with Gasteiger partial charge in [0.05, 0.1) is 12.6 Å². The summed E-state index contributed by atoms with van der Waals surface area (Å²) in [4.78, 5) is 14.9. The van der Waals surface area contributed by atoms with Crippen LogP contribution in [0.3, 0.4) is 0 Å². The van der Waals surface area contributed by atoms with Crippen LogP contribution in [0.25, 0.3) is 11.2 Å². The van der Waals surface area contributed by atoms with Gasteiger partial charge in [-0.3, -0.25) is 0 Å². The first kappa shape index (κ1) is 13.5. The Kier molecular flexibility index (Phi) is 3.81. The molecule has 0 radical (unpaired) electrons. The molecule has 0 amide bonds. The fraction of sp³-hybridized carbons (Fsp3) is 0.444. The van der Waals surface area contributed by atoms with Crippen LogP contribution >= 0.6 is 0 Å². The molecule has 0 saturated carbocycles. The van der Waals surface area contributed by atoms with Crippen LogP contribution in [0, 0.1) is 0 Å². The zero-order valence-electron chi connectivity index (χ0n) is 10.3. The topological polar surface area (TPSA) is 139 Å². The molecule has 0 atom stereocenters. The third kappa shape index (κ3) is 3.76. The highest BCUT2D eigenvalue weighted by molar-refractivity contribution is 7.88. The maximum Gasteiger partial charge on any atom is 0.224 e. The molecule has 0 saturated heterocycles. The van der Waals surface area contributed by atoms with E-state index >= 15 is 0 Å². The van der Waals surface area contributed by atoms with E-state index in [4.69, 9.17) is 5.73 Å². The van der Waals surface area contributed by atoms with E-state index in [1.165, 1.54) is 6.33 Å². The number of anilines is 2. The lowest BCUT2D eigenvalue weighted by atomic mass is 10.4.